The van der Waals surface area contributed by atoms with Crippen molar-refractivity contribution in [3.8, 4) is 0 Å². The van der Waals surface area contributed by atoms with Crippen molar-refractivity contribution in [3.63, 3.8) is 0 Å². The van der Waals surface area contributed by atoms with Crippen LogP contribution in [0.4, 0.5) is 34.1 Å². The minimum atomic E-state index is 0.129. The van der Waals surface area contributed by atoms with Crippen LogP contribution in [0.15, 0.2) is 91.0 Å². The lowest BCUT2D eigenvalue weighted by atomic mass is 9.87. The van der Waals surface area contributed by atoms with Crippen molar-refractivity contribution in [2.75, 3.05) is 16.0 Å². The standard InChI is InChI=1S/C36H45N3/c1-34(2,3)25-10-16-28(17-11-25)37-31-22-32(38-29-18-12-26(13-19-29)35(4,5)6)24-33(23-31)39-30-20-14-27(15-21-30)36(7,8)9/h10-24,37-39H,1-9H3. The van der Waals surface area contributed by atoms with Gasteiger partial charge in [0.05, 0.1) is 0 Å². The Bertz CT molecular complexity index is 1190. The number of rotatable bonds is 6. The van der Waals surface area contributed by atoms with Gasteiger partial charge < -0.3 is 16.0 Å². The first-order valence-electron chi connectivity index (χ1n) is 13.9. The lowest BCUT2D eigenvalue weighted by Gasteiger charge is -2.20. The number of nitrogens with one attached hydrogen (secondary N) is 3. The largest absolute Gasteiger partial charge is 0.355 e. The number of anilines is 6. The second kappa shape index (κ2) is 10.8. The average Bonchev–Trinajstić information content (AvgIpc) is 2.83. The van der Waals surface area contributed by atoms with E-state index in [2.05, 4.69) is 169 Å². The molecule has 4 aromatic rings. The van der Waals surface area contributed by atoms with Crippen molar-refractivity contribution in [1.82, 2.24) is 0 Å². The van der Waals surface area contributed by atoms with Crippen molar-refractivity contribution in [1.29, 1.82) is 0 Å². The first-order valence-corrected chi connectivity index (χ1v) is 13.9. The molecular weight excluding hydrogens is 474 g/mol. The Hall–Kier alpha value is -3.72. The summed E-state index contributed by atoms with van der Waals surface area (Å²) >= 11 is 0. The Balaban J connectivity index is 1.62. The second-order valence-corrected chi connectivity index (χ2v) is 13.7. The SMILES string of the molecule is CC(C)(C)c1ccc(Nc2cc(Nc3ccc(C(C)(C)C)cc3)cc(Nc3ccc(C(C)(C)C)cc3)c2)cc1. The van der Waals surface area contributed by atoms with E-state index in [0.29, 0.717) is 0 Å². The topological polar surface area (TPSA) is 36.1 Å². The molecule has 0 unspecified atom stereocenters. The molecule has 3 heteroatoms. The summed E-state index contributed by atoms with van der Waals surface area (Å²) in [5.41, 5.74) is 10.6. The molecule has 4 aromatic carbocycles. The van der Waals surface area contributed by atoms with Crippen LogP contribution in [0.3, 0.4) is 0 Å². The van der Waals surface area contributed by atoms with Crippen molar-refractivity contribution in [3.05, 3.63) is 108 Å². The lowest BCUT2D eigenvalue weighted by molar-refractivity contribution is 0.590. The van der Waals surface area contributed by atoms with Crippen LogP contribution >= 0.6 is 0 Å². The van der Waals surface area contributed by atoms with E-state index in [1.165, 1.54) is 16.7 Å². The maximum absolute atomic E-state index is 3.61. The summed E-state index contributed by atoms with van der Waals surface area (Å²) in [6.07, 6.45) is 0. The fourth-order valence-electron chi connectivity index (χ4n) is 4.50. The molecule has 0 aliphatic rings. The highest BCUT2D eigenvalue weighted by Crippen LogP contribution is 2.32. The van der Waals surface area contributed by atoms with E-state index < -0.39 is 0 Å². The van der Waals surface area contributed by atoms with Gasteiger partial charge in [0, 0.05) is 34.1 Å². The fraction of sp³-hybridized carbons (Fsp3) is 0.333. The molecule has 4 rings (SSSR count). The highest BCUT2D eigenvalue weighted by Gasteiger charge is 2.15. The van der Waals surface area contributed by atoms with Gasteiger partial charge in [0.15, 0.2) is 0 Å². The van der Waals surface area contributed by atoms with E-state index >= 15 is 0 Å². The summed E-state index contributed by atoms with van der Waals surface area (Å²) in [5.74, 6) is 0. The molecule has 0 saturated heterocycles. The zero-order valence-corrected chi connectivity index (χ0v) is 25.2. The quantitative estimate of drug-likeness (QED) is 0.237. The molecular formula is C36H45N3. The van der Waals surface area contributed by atoms with Crippen LogP contribution in [0.5, 0.6) is 0 Å². The first kappa shape index (κ1) is 28.3. The molecule has 0 spiro atoms. The van der Waals surface area contributed by atoms with Gasteiger partial charge in [-0.3, -0.25) is 0 Å². The van der Waals surface area contributed by atoms with E-state index in [1.54, 1.807) is 0 Å². The molecule has 0 aromatic heterocycles. The molecule has 0 radical (unpaired) electrons. The molecule has 204 valence electrons. The molecule has 0 heterocycles. The van der Waals surface area contributed by atoms with Gasteiger partial charge in [0.1, 0.15) is 0 Å². The monoisotopic (exact) mass is 519 g/mol. The van der Waals surface area contributed by atoms with E-state index in [4.69, 9.17) is 0 Å². The van der Waals surface area contributed by atoms with Crippen LogP contribution in [0.1, 0.15) is 79.0 Å². The van der Waals surface area contributed by atoms with E-state index in [-0.39, 0.29) is 16.2 Å². The van der Waals surface area contributed by atoms with Crippen molar-refractivity contribution < 1.29 is 0 Å². The summed E-state index contributed by atoms with van der Waals surface area (Å²) in [6, 6.07) is 32.6. The lowest BCUT2D eigenvalue weighted by Crippen LogP contribution is -2.10. The maximum Gasteiger partial charge on any atom is 0.0425 e. The number of hydrogen-bond donors (Lipinski definition) is 3. The predicted molar refractivity (Wildman–Crippen MR) is 172 cm³/mol. The van der Waals surface area contributed by atoms with Gasteiger partial charge in [-0.15, -0.1) is 0 Å². The van der Waals surface area contributed by atoms with Crippen LogP contribution in [0, 0.1) is 0 Å². The van der Waals surface area contributed by atoms with Gasteiger partial charge in [-0.1, -0.05) is 98.7 Å². The predicted octanol–water partition coefficient (Wildman–Crippen LogP) is 10.8. The van der Waals surface area contributed by atoms with Crippen molar-refractivity contribution in [2.24, 2.45) is 0 Å². The molecule has 0 aliphatic heterocycles. The summed E-state index contributed by atoms with van der Waals surface area (Å²) in [6.45, 7) is 20.2. The number of hydrogen-bond acceptors (Lipinski definition) is 3. The molecule has 0 amide bonds. The molecule has 3 N–H and O–H groups in total. The van der Waals surface area contributed by atoms with Crippen LogP contribution in [0.2, 0.25) is 0 Å². The minimum Gasteiger partial charge on any atom is -0.355 e. The first-order chi connectivity index (χ1) is 18.2. The fourth-order valence-corrected chi connectivity index (χ4v) is 4.50. The number of benzene rings is 4. The summed E-state index contributed by atoms with van der Waals surface area (Å²) in [7, 11) is 0. The van der Waals surface area contributed by atoms with E-state index in [0.717, 1.165) is 34.1 Å². The Kier molecular flexibility index (Phi) is 7.84. The Morgan fingerprint density at radius 2 is 0.513 bits per heavy atom. The van der Waals surface area contributed by atoms with Crippen LogP contribution < -0.4 is 16.0 Å². The third-order valence-corrected chi connectivity index (χ3v) is 7.05. The van der Waals surface area contributed by atoms with Crippen molar-refractivity contribution >= 4 is 34.1 Å². The minimum absolute atomic E-state index is 0.129. The zero-order chi connectivity index (χ0) is 28.4. The third kappa shape index (κ3) is 7.66. The molecule has 39 heavy (non-hydrogen) atoms. The van der Waals surface area contributed by atoms with Crippen LogP contribution in [-0.2, 0) is 16.2 Å². The average molecular weight is 520 g/mol. The van der Waals surface area contributed by atoms with E-state index in [1.807, 2.05) is 0 Å². The second-order valence-electron chi connectivity index (χ2n) is 13.7. The molecule has 3 nitrogen and oxygen atoms in total. The summed E-state index contributed by atoms with van der Waals surface area (Å²) < 4.78 is 0. The Morgan fingerprint density at radius 1 is 0.308 bits per heavy atom. The van der Waals surface area contributed by atoms with Gasteiger partial charge in [0.25, 0.3) is 0 Å². The Labute approximate surface area is 236 Å². The van der Waals surface area contributed by atoms with Gasteiger partial charge >= 0.3 is 0 Å². The van der Waals surface area contributed by atoms with Crippen molar-refractivity contribution in [2.45, 2.75) is 78.6 Å². The summed E-state index contributed by atoms with van der Waals surface area (Å²) in [5, 5.41) is 10.8. The molecule has 0 fully saturated rings. The van der Waals surface area contributed by atoms with Crippen LogP contribution in [-0.4, -0.2) is 0 Å². The highest BCUT2D eigenvalue weighted by molar-refractivity contribution is 5.76. The third-order valence-electron chi connectivity index (χ3n) is 7.05. The Morgan fingerprint density at radius 3 is 0.692 bits per heavy atom. The smallest absolute Gasteiger partial charge is 0.0425 e. The van der Waals surface area contributed by atoms with Crippen LogP contribution in [0.25, 0.3) is 0 Å². The van der Waals surface area contributed by atoms with Gasteiger partial charge in [0.2, 0.25) is 0 Å². The molecule has 0 bridgehead atoms. The molecule has 0 atom stereocenters. The maximum atomic E-state index is 3.61. The zero-order valence-electron chi connectivity index (χ0n) is 25.2. The molecule has 0 saturated carbocycles. The van der Waals surface area contributed by atoms with Gasteiger partial charge in [-0.25, -0.2) is 0 Å². The van der Waals surface area contributed by atoms with E-state index in [9.17, 15) is 0 Å². The summed E-state index contributed by atoms with van der Waals surface area (Å²) in [4.78, 5) is 0. The van der Waals surface area contributed by atoms with Gasteiger partial charge in [-0.2, -0.15) is 0 Å². The highest BCUT2D eigenvalue weighted by atomic mass is 14.9. The van der Waals surface area contributed by atoms with Gasteiger partial charge in [-0.05, 0) is 87.5 Å². The normalized spacial score (nSPS) is 12.2. The molecule has 0 aliphatic carbocycles.